The first kappa shape index (κ1) is 20.4. The van der Waals surface area contributed by atoms with Crippen molar-refractivity contribution in [3.63, 3.8) is 0 Å². The molecule has 0 atom stereocenters. The predicted octanol–water partition coefficient (Wildman–Crippen LogP) is 2.50. The summed E-state index contributed by atoms with van der Waals surface area (Å²) in [7, 11) is 3.71. The van der Waals surface area contributed by atoms with E-state index in [1.807, 2.05) is 11.9 Å². The molecule has 0 unspecified atom stereocenters. The summed E-state index contributed by atoms with van der Waals surface area (Å²) in [6.45, 7) is 3.87. The predicted molar refractivity (Wildman–Crippen MR) is 107 cm³/mol. The van der Waals surface area contributed by atoms with Gasteiger partial charge in [0, 0.05) is 33.7 Å². The quantitative estimate of drug-likeness (QED) is 0.447. The Labute approximate surface area is 160 Å². The van der Waals surface area contributed by atoms with E-state index in [0.29, 0.717) is 13.1 Å². The van der Waals surface area contributed by atoms with Crippen molar-refractivity contribution < 1.29 is 9.18 Å². The van der Waals surface area contributed by atoms with Gasteiger partial charge >= 0.3 is 0 Å². The van der Waals surface area contributed by atoms with Gasteiger partial charge in [0.2, 0.25) is 5.91 Å². The average molecular weight is 370 g/mol. The van der Waals surface area contributed by atoms with Crippen LogP contribution in [-0.4, -0.2) is 44.0 Å². The van der Waals surface area contributed by atoms with Crippen molar-refractivity contribution in [2.24, 2.45) is 4.99 Å². The third kappa shape index (κ3) is 7.09. The molecule has 5 nitrogen and oxygen atoms in total. The Morgan fingerprint density at radius 2 is 1.59 bits per heavy atom. The third-order valence-corrected chi connectivity index (χ3v) is 4.12. The van der Waals surface area contributed by atoms with Gasteiger partial charge in [-0.1, -0.05) is 42.0 Å². The first-order valence-electron chi connectivity index (χ1n) is 8.96. The van der Waals surface area contributed by atoms with Crippen LogP contribution in [0.2, 0.25) is 0 Å². The number of carbonyl (C=O) groups excluding carboxylic acids is 1. The van der Waals surface area contributed by atoms with Crippen LogP contribution in [0.25, 0.3) is 0 Å². The molecule has 0 saturated heterocycles. The van der Waals surface area contributed by atoms with Crippen LogP contribution in [0.4, 0.5) is 4.39 Å². The van der Waals surface area contributed by atoms with Gasteiger partial charge in [0.25, 0.3) is 0 Å². The molecule has 144 valence electrons. The molecule has 0 bridgehead atoms. The highest BCUT2D eigenvalue weighted by molar-refractivity contribution is 5.80. The molecule has 0 radical (unpaired) electrons. The van der Waals surface area contributed by atoms with E-state index in [2.05, 4.69) is 46.8 Å². The standard InChI is InChI=1S/C21H27FN4O/c1-16-4-6-18(7-5-16)15-26(3)21(23-2)25-13-12-24-20(27)14-17-8-10-19(22)11-9-17/h4-11H,12-15H2,1-3H3,(H,23,25)(H,24,27). The minimum Gasteiger partial charge on any atom is -0.354 e. The van der Waals surface area contributed by atoms with Crippen LogP contribution in [-0.2, 0) is 17.8 Å². The molecule has 0 aromatic heterocycles. The van der Waals surface area contributed by atoms with Crippen LogP contribution in [0.1, 0.15) is 16.7 Å². The number of amides is 1. The van der Waals surface area contributed by atoms with Crippen LogP contribution in [0.3, 0.4) is 0 Å². The molecule has 6 heteroatoms. The van der Waals surface area contributed by atoms with E-state index in [1.54, 1.807) is 19.2 Å². The summed E-state index contributed by atoms with van der Waals surface area (Å²) in [5.41, 5.74) is 3.23. The molecule has 0 heterocycles. The zero-order valence-electron chi connectivity index (χ0n) is 16.1. The molecule has 0 aliphatic rings. The second-order valence-electron chi connectivity index (χ2n) is 6.47. The fourth-order valence-corrected chi connectivity index (χ4v) is 2.65. The minimum atomic E-state index is -0.301. The van der Waals surface area contributed by atoms with Crippen LogP contribution in [0, 0.1) is 12.7 Å². The Hall–Kier alpha value is -2.89. The molecule has 0 saturated carbocycles. The maximum Gasteiger partial charge on any atom is 0.224 e. The molecule has 2 aromatic carbocycles. The highest BCUT2D eigenvalue weighted by Gasteiger charge is 2.07. The van der Waals surface area contributed by atoms with Crippen molar-refractivity contribution in [3.8, 4) is 0 Å². The summed E-state index contributed by atoms with van der Waals surface area (Å²) in [5.74, 6) is 0.374. The third-order valence-electron chi connectivity index (χ3n) is 4.12. The van der Waals surface area contributed by atoms with Crippen molar-refractivity contribution in [2.75, 3.05) is 27.2 Å². The van der Waals surface area contributed by atoms with Gasteiger partial charge in [-0.05, 0) is 30.2 Å². The second kappa shape index (κ2) is 10.3. The Kier molecular flexibility index (Phi) is 7.79. The van der Waals surface area contributed by atoms with Crippen molar-refractivity contribution in [1.82, 2.24) is 15.5 Å². The van der Waals surface area contributed by atoms with Gasteiger partial charge in [-0.2, -0.15) is 0 Å². The Morgan fingerprint density at radius 3 is 2.22 bits per heavy atom. The fourth-order valence-electron chi connectivity index (χ4n) is 2.65. The van der Waals surface area contributed by atoms with E-state index in [9.17, 15) is 9.18 Å². The number of guanidine groups is 1. The number of hydrogen-bond donors (Lipinski definition) is 2. The number of nitrogens with zero attached hydrogens (tertiary/aromatic N) is 2. The lowest BCUT2D eigenvalue weighted by Gasteiger charge is -2.22. The van der Waals surface area contributed by atoms with E-state index < -0.39 is 0 Å². The number of aryl methyl sites for hydroxylation is 1. The first-order chi connectivity index (χ1) is 13.0. The SMILES string of the molecule is CN=C(NCCNC(=O)Cc1ccc(F)cc1)N(C)Cc1ccc(C)cc1. The summed E-state index contributed by atoms with van der Waals surface area (Å²) >= 11 is 0. The summed E-state index contributed by atoms with van der Waals surface area (Å²) < 4.78 is 12.9. The van der Waals surface area contributed by atoms with Gasteiger partial charge in [-0.25, -0.2) is 4.39 Å². The van der Waals surface area contributed by atoms with E-state index in [1.165, 1.54) is 23.3 Å². The van der Waals surface area contributed by atoms with Gasteiger partial charge in [0.1, 0.15) is 5.82 Å². The summed E-state index contributed by atoms with van der Waals surface area (Å²) in [5, 5.41) is 6.09. The van der Waals surface area contributed by atoms with Crippen molar-refractivity contribution in [2.45, 2.75) is 19.9 Å². The molecule has 2 N–H and O–H groups in total. The van der Waals surface area contributed by atoms with Gasteiger partial charge in [0.05, 0.1) is 6.42 Å². The number of hydrogen-bond acceptors (Lipinski definition) is 2. The summed E-state index contributed by atoms with van der Waals surface area (Å²) in [6, 6.07) is 14.4. The van der Waals surface area contributed by atoms with E-state index in [-0.39, 0.29) is 18.1 Å². The molecular formula is C21H27FN4O. The molecule has 2 aromatic rings. The second-order valence-corrected chi connectivity index (χ2v) is 6.47. The van der Waals surface area contributed by atoms with Gasteiger partial charge < -0.3 is 15.5 Å². The highest BCUT2D eigenvalue weighted by atomic mass is 19.1. The topological polar surface area (TPSA) is 56.7 Å². The lowest BCUT2D eigenvalue weighted by molar-refractivity contribution is -0.120. The zero-order valence-corrected chi connectivity index (χ0v) is 16.1. The van der Waals surface area contributed by atoms with Gasteiger partial charge in [0.15, 0.2) is 5.96 Å². The molecule has 0 fully saturated rings. The lowest BCUT2D eigenvalue weighted by atomic mass is 10.1. The normalized spacial score (nSPS) is 11.2. The number of carbonyl (C=O) groups is 1. The Bertz CT molecular complexity index is 757. The maximum atomic E-state index is 12.9. The maximum absolute atomic E-state index is 12.9. The van der Waals surface area contributed by atoms with Crippen LogP contribution in [0.15, 0.2) is 53.5 Å². The van der Waals surface area contributed by atoms with Crippen LogP contribution < -0.4 is 10.6 Å². The zero-order chi connectivity index (χ0) is 19.6. The first-order valence-corrected chi connectivity index (χ1v) is 8.96. The average Bonchev–Trinajstić information content (AvgIpc) is 2.65. The van der Waals surface area contributed by atoms with Gasteiger partial charge in [-0.3, -0.25) is 9.79 Å². The smallest absolute Gasteiger partial charge is 0.224 e. The molecule has 0 aliphatic carbocycles. The summed E-state index contributed by atoms with van der Waals surface area (Å²) in [4.78, 5) is 18.3. The number of aliphatic imine (C=N–C) groups is 1. The highest BCUT2D eigenvalue weighted by Crippen LogP contribution is 2.06. The fraction of sp³-hybridized carbons (Fsp3) is 0.333. The molecule has 2 rings (SSSR count). The van der Waals surface area contributed by atoms with Crippen molar-refractivity contribution in [1.29, 1.82) is 0 Å². The molecule has 1 amide bonds. The van der Waals surface area contributed by atoms with E-state index in [4.69, 9.17) is 0 Å². The van der Waals surface area contributed by atoms with Crippen LogP contribution in [0.5, 0.6) is 0 Å². The number of rotatable bonds is 7. The lowest BCUT2D eigenvalue weighted by Crippen LogP contribution is -2.42. The largest absolute Gasteiger partial charge is 0.354 e. The Morgan fingerprint density at radius 1 is 1.00 bits per heavy atom. The molecular weight excluding hydrogens is 343 g/mol. The van der Waals surface area contributed by atoms with Gasteiger partial charge in [-0.15, -0.1) is 0 Å². The van der Waals surface area contributed by atoms with Crippen molar-refractivity contribution in [3.05, 3.63) is 71.0 Å². The summed E-state index contributed by atoms with van der Waals surface area (Å²) in [6.07, 6.45) is 0.238. The van der Waals surface area contributed by atoms with Crippen molar-refractivity contribution >= 4 is 11.9 Å². The molecule has 0 aliphatic heterocycles. The molecule has 0 spiro atoms. The van der Waals surface area contributed by atoms with E-state index in [0.717, 1.165) is 18.1 Å². The number of benzene rings is 2. The monoisotopic (exact) mass is 370 g/mol. The van der Waals surface area contributed by atoms with E-state index >= 15 is 0 Å². The molecule has 27 heavy (non-hydrogen) atoms. The Balaban J connectivity index is 1.71. The minimum absolute atomic E-state index is 0.0913. The number of halogens is 1. The van der Waals surface area contributed by atoms with Crippen LogP contribution >= 0.6 is 0 Å². The number of nitrogens with one attached hydrogen (secondary N) is 2.